The third-order valence-electron chi connectivity index (χ3n) is 3.30. The zero-order valence-corrected chi connectivity index (χ0v) is 13.5. The van der Waals surface area contributed by atoms with E-state index >= 15 is 0 Å². The lowest BCUT2D eigenvalue weighted by Crippen LogP contribution is -2.01. The SMILES string of the molecule is COc1ccc(/C=C/C(=O)OCc2cccc(C)c2)c(OC)c1. The van der Waals surface area contributed by atoms with E-state index in [1.807, 2.05) is 37.3 Å². The fraction of sp³-hybridized carbons (Fsp3) is 0.211. The summed E-state index contributed by atoms with van der Waals surface area (Å²) in [5.41, 5.74) is 2.88. The van der Waals surface area contributed by atoms with Gasteiger partial charge in [-0.3, -0.25) is 0 Å². The Labute approximate surface area is 136 Å². The van der Waals surface area contributed by atoms with E-state index in [-0.39, 0.29) is 6.61 Å². The van der Waals surface area contributed by atoms with Gasteiger partial charge < -0.3 is 14.2 Å². The zero-order valence-electron chi connectivity index (χ0n) is 13.5. The van der Waals surface area contributed by atoms with Gasteiger partial charge in [0.05, 0.1) is 14.2 Å². The molecular formula is C19H20O4. The smallest absolute Gasteiger partial charge is 0.331 e. The van der Waals surface area contributed by atoms with E-state index in [0.717, 1.165) is 16.7 Å². The van der Waals surface area contributed by atoms with Crippen LogP contribution < -0.4 is 9.47 Å². The van der Waals surface area contributed by atoms with E-state index in [2.05, 4.69) is 0 Å². The molecule has 0 bridgehead atoms. The van der Waals surface area contributed by atoms with Crippen LogP contribution in [0.5, 0.6) is 11.5 Å². The number of benzene rings is 2. The number of methoxy groups -OCH3 is 2. The van der Waals surface area contributed by atoms with Gasteiger partial charge in [-0.1, -0.05) is 29.8 Å². The molecule has 120 valence electrons. The molecule has 0 spiro atoms. The first kappa shape index (κ1) is 16.6. The molecule has 4 heteroatoms. The Morgan fingerprint density at radius 3 is 2.61 bits per heavy atom. The highest BCUT2D eigenvalue weighted by Crippen LogP contribution is 2.25. The summed E-state index contributed by atoms with van der Waals surface area (Å²) >= 11 is 0. The lowest BCUT2D eigenvalue weighted by atomic mass is 10.1. The molecule has 0 heterocycles. The van der Waals surface area contributed by atoms with Gasteiger partial charge in [0.25, 0.3) is 0 Å². The van der Waals surface area contributed by atoms with Crippen LogP contribution in [0.2, 0.25) is 0 Å². The van der Waals surface area contributed by atoms with Gasteiger partial charge in [-0.25, -0.2) is 4.79 Å². The summed E-state index contributed by atoms with van der Waals surface area (Å²) in [6.07, 6.45) is 3.05. The third kappa shape index (κ3) is 4.88. The number of rotatable bonds is 6. The minimum Gasteiger partial charge on any atom is -0.497 e. The number of ether oxygens (including phenoxy) is 3. The molecule has 0 aromatic heterocycles. The maximum atomic E-state index is 11.8. The lowest BCUT2D eigenvalue weighted by Gasteiger charge is -2.07. The Balaban J connectivity index is 1.98. The van der Waals surface area contributed by atoms with Crippen LogP contribution >= 0.6 is 0 Å². The van der Waals surface area contributed by atoms with Gasteiger partial charge in [-0.15, -0.1) is 0 Å². The van der Waals surface area contributed by atoms with Crippen molar-refractivity contribution >= 4 is 12.0 Å². The van der Waals surface area contributed by atoms with Gasteiger partial charge in [-0.05, 0) is 30.7 Å². The fourth-order valence-electron chi connectivity index (χ4n) is 2.12. The van der Waals surface area contributed by atoms with Gasteiger partial charge in [0.2, 0.25) is 0 Å². The van der Waals surface area contributed by atoms with Crippen molar-refractivity contribution in [3.63, 3.8) is 0 Å². The average molecular weight is 312 g/mol. The highest BCUT2D eigenvalue weighted by Gasteiger charge is 2.04. The molecule has 0 saturated heterocycles. The second kappa shape index (κ2) is 8.03. The van der Waals surface area contributed by atoms with Gasteiger partial charge >= 0.3 is 5.97 Å². The van der Waals surface area contributed by atoms with Crippen LogP contribution in [0.25, 0.3) is 6.08 Å². The first-order chi connectivity index (χ1) is 11.1. The van der Waals surface area contributed by atoms with E-state index in [1.54, 1.807) is 32.4 Å². The van der Waals surface area contributed by atoms with Gasteiger partial charge in [0.15, 0.2) is 0 Å². The molecule has 0 radical (unpaired) electrons. The largest absolute Gasteiger partial charge is 0.497 e. The van der Waals surface area contributed by atoms with Crippen molar-refractivity contribution < 1.29 is 19.0 Å². The Bertz CT molecular complexity index is 704. The molecule has 0 aliphatic rings. The molecule has 2 aromatic rings. The van der Waals surface area contributed by atoms with Gasteiger partial charge in [-0.2, -0.15) is 0 Å². The molecule has 2 aromatic carbocycles. The molecule has 0 aliphatic carbocycles. The second-order valence-corrected chi connectivity index (χ2v) is 5.04. The topological polar surface area (TPSA) is 44.8 Å². The maximum absolute atomic E-state index is 11.8. The van der Waals surface area contributed by atoms with Gasteiger partial charge in [0, 0.05) is 17.7 Å². The Morgan fingerprint density at radius 2 is 1.91 bits per heavy atom. The molecule has 4 nitrogen and oxygen atoms in total. The normalized spacial score (nSPS) is 10.6. The standard InChI is InChI=1S/C19H20O4/c1-14-5-4-6-15(11-14)13-23-19(20)10-8-16-7-9-17(21-2)12-18(16)22-3/h4-12H,13H2,1-3H3/b10-8+. The Morgan fingerprint density at radius 1 is 1.09 bits per heavy atom. The number of aryl methyl sites for hydroxylation is 1. The summed E-state index contributed by atoms with van der Waals surface area (Å²) in [5, 5.41) is 0. The first-order valence-corrected chi connectivity index (χ1v) is 7.25. The van der Waals surface area contributed by atoms with Crippen molar-refractivity contribution in [2.24, 2.45) is 0 Å². The summed E-state index contributed by atoms with van der Waals surface area (Å²) in [4.78, 5) is 11.8. The highest BCUT2D eigenvalue weighted by atomic mass is 16.5. The van der Waals surface area contributed by atoms with Crippen molar-refractivity contribution in [3.8, 4) is 11.5 Å². The summed E-state index contributed by atoms with van der Waals surface area (Å²) < 4.78 is 15.6. The third-order valence-corrected chi connectivity index (χ3v) is 3.30. The molecule has 0 amide bonds. The van der Waals surface area contributed by atoms with Gasteiger partial charge in [0.1, 0.15) is 18.1 Å². The molecule has 0 N–H and O–H groups in total. The number of esters is 1. The van der Waals surface area contributed by atoms with Crippen LogP contribution in [0.4, 0.5) is 0 Å². The molecule has 0 aliphatic heterocycles. The zero-order chi connectivity index (χ0) is 16.7. The fourth-order valence-corrected chi connectivity index (χ4v) is 2.12. The maximum Gasteiger partial charge on any atom is 0.331 e. The minimum atomic E-state index is -0.399. The molecule has 23 heavy (non-hydrogen) atoms. The Hall–Kier alpha value is -2.75. The average Bonchev–Trinajstić information content (AvgIpc) is 2.58. The number of carbonyl (C=O) groups is 1. The van der Waals surface area contributed by atoms with Crippen molar-refractivity contribution in [3.05, 3.63) is 65.2 Å². The summed E-state index contributed by atoms with van der Waals surface area (Å²) in [6.45, 7) is 2.26. The molecule has 2 rings (SSSR count). The van der Waals surface area contributed by atoms with Crippen molar-refractivity contribution in [1.29, 1.82) is 0 Å². The van der Waals surface area contributed by atoms with E-state index in [0.29, 0.717) is 11.5 Å². The van der Waals surface area contributed by atoms with E-state index in [4.69, 9.17) is 14.2 Å². The molecule has 0 atom stereocenters. The summed E-state index contributed by atoms with van der Waals surface area (Å²) in [7, 11) is 3.16. The summed E-state index contributed by atoms with van der Waals surface area (Å²) in [6, 6.07) is 13.2. The quantitative estimate of drug-likeness (QED) is 0.601. The highest BCUT2D eigenvalue weighted by molar-refractivity contribution is 5.87. The minimum absolute atomic E-state index is 0.255. The molecule has 0 saturated carbocycles. The van der Waals surface area contributed by atoms with Crippen LogP contribution in [0.1, 0.15) is 16.7 Å². The van der Waals surface area contributed by atoms with E-state index < -0.39 is 5.97 Å². The van der Waals surface area contributed by atoms with Crippen LogP contribution in [0.15, 0.2) is 48.5 Å². The molecule has 0 fully saturated rings. The van der Waals surface area contributed by atoms with Crippen molar-refractivity contribution in [1.82, 2.24) is 0 Å². The monoisotopic (exact) mass is 312 g/mol. The van der Waals surface area contributed by atoms with E-state index in [9.17, 15) is 4.79 Å². The second-order valence-electron chi connectivity index (χ2n) is 5.04. The Kier molecular flexibility index (Phi) is 5.80. The predicted molar refractivity (Wildman–Crippen MR) is 89.6 cm³/mol. The first-order valence-electron chi connectivity index (χ1n) is 7.25. The van der Waals surface area contributed by atoms with Crippen LogP contribution in [-0.2, 0) is 16.1 Å². The number of hydrogen-bond acceptors (Lipinski definition) is 4. The molecule has 0 unspecified atom stereocenters. The van der Waals surface area contributed by atoms with Crippen molar-refractivity contribution in [2.45, 2.75) is 13.5 Å². The van der Waals surface area contributed by atoms with Crippen molar-refractivity contribution in [2.75, 3.05) is 14.2 Å². The van der Waals surface area contributed by atoms with Crippen LogP contribution in [0.3, 0.4) is 0 Å². The molecular weight excluding hydrogens is 292 g/mol. The van der Waals surface area contributed by atoms with E-state index in [1.165, 1.54) is 6.08 Å². The predicted octanol–water partition coefficient (Wildman–Crippen LogP) is 3.77. The van der Waals surface area contributed by atoms with Crippen LogP contribution in [-0.4, -0.2) is 20.2 Å². The summed E-state index contributed by atoms with van der Waals surface area (Å²) in [5.74, 6) is 0.928. The van der Waals surface area contributed by atoms with Crippen LogP contribution in [0, 0.1) is 6.92 Å². The number of carbonyl (C=O) groups excluding carboxylic acids is 1. The number of hydrogen-bond donors (Lipinski definition) is 0. The lowest BCUT2D eigenvalue weighted by molar-refractivity contribution is -0.138.